The Balaban J connectivity index is 1.47. The van der Waals surface area contributed by atoms with E-state index in [2.05, 4.69) is 0 Å². The van der Waals surface area contributed by atoms with Crippen LogP contribution in [-0.4, -0.2) is 31.3 Å². The van der Waals surface area contributed by atoms with E-state index in [-0.39, 0.29) is 12.5 Å². The van der Waals surface area contributed by atoms with Crippen molar-refractivity contribution in [3.63, 3.8) is 0 Å². The lowest BCUT2D eigenvalue weighted by molar-refractivity contribution is -0.157. The van der Waals surface area contributed by atoms with Crippen LogP contribution in [0.3, 0.4) is 0 Å². The minimum atomic E-state index is -1.51. The number of alkyl halides is 1. The van der Waals surface area contributed by atoms with Gasteiger partial charge in [-0.15, -0.1) is 0 Å². The summed E-state index contributed by atoms with van der Waals surface area (Å²) in [5.41, 5.74) is 1.61. The highest BCUT2D eigenvalue weighted by Crippen LogP contribution is 2.35. The standard InChI is InChI=1S/C26H31FO5/c1-3-4-5-24(27)26(29)32-23-16-8-19(9-17-23)18-6-14-22(15-7-18)31-25(28)20-10-12-21(30-2)13-11-20/h6-7,10-15,19,23-24H,3-5,8-9,16-17H2,1-2H3/t19-,23-,24-/m0/s1. The molecule has 0 radical (unpaired) electrons. The summed E-state index contributed by atoms with van der Waals surface area (Å²) in [5, 5.41) is 0. The molecule has 1 atom stereocenters. The summed E-state index contributed by atoms with van der Waals surface area (Å²) >= 11 is 0. The Labute approximate surface area is 188 Å². The van der Waals surface area contributed by atoms with Crippen molar-refractivity contribution in [3.8, 4) is 11.5 Å². The fourth-order valence-electron chi connectivity index (χ4n) is 3.95. The number of unbranched alkanes of at least 4 members (excludes halogenated alkanes) is 1. The maximum Gasteiger partial charge on any atom is 0.343 e. The molecular formula is C26H31FO5. The molecule has 1 aliphatic rings. The van der Waals surface area contributed by atoms with Gasteiger partial charge in [0.25, 0.3) is 0 Å². The molecule has 0 amide bonds. The predicted molar refractivity (Wildman–Crippen MR) is 120 cm³/mol. The van der Waals surface area contributed by atoms with Crippen LogP contribution >= 0.6 is 0 Å². The van der Waals surface area contributed by atoms with Crippen molar-refractivity contribution < 1.29 is 28.2 Å². The zero-order valence-electron chi connectivity index (χ0n) is 18.7. The third-order valence-electron chi connectivity index (χ3n) is 5.91. The summed E-state index contributed by atoms with van der Waals surface area (Å²) in [4.78, 5) is 24.2. The zero-order chi connectivity index (χ0) is 22.9. The van der Waals surface area contributed by atoms with Gasteiger partial charge in [0.05, 0.1) is 12.7 Å². The highest BCUT2D eigenvalue weighted by molar-refractivity contribution is 5.91. The van der Waals surface area contributed by atoms with Crippen LogP contribution in [0, 0.1) is 0 Å². The van der Waals surface area contributed by atoms with Crippen LogP contribution in [0.1, 0.15) is 73.7 Å². The number of carbonyl (C=O) groups excluding carboxylic acids is 2. The number of esters is 2. The SMILES string of the molecule is CCCC[C@H](F)C(=O)O[C@H]1CC[C@H](c2ccc(OC(=O)c3ccc(OC)cc3)cc2)CC1. The molecule has 0 heterocycles. The van der Waals surface area contributed by atoms with Crippen LogP contribution < -0.4 is 9.47 Å². The average Bonchev–Trinajstić information content (AvgIpc) is 2.83. The lowest BCUT2D eigenvalue weighted by Gasteiger charge is -2.29. The molecule has 0 saturated heterocycles. The molecule has 3 rings (SSSR count). The summed E-state index contributed by atoms with van der Waals surface area (Å²) in [6.07, 6.45) is 3.26. The van der Waals surface area contributed by atoms with E-state index in [0.29, 0.717) is 29.4 Å². The second kappa shape index (κ2) is 11.7. The maximum absolute atomic E-state index is 13.8. The molecule has 0 aromatic heterocycles. The molecule has 32 heavy (non-hydrogen) atoms. The molecular weight excluding hydrogens is 411 g/mol. The van der Waals surface area contributed by atoms with E-state index >= 15 is 0 Å². The number of carbonyl (C=O) groups is 2. The van der Waals surface area contributed by atoms with Crippen molar-refractivity contribution in [2.75, 3.05) is 7.11 Å². The molecule has 1 aliphatic carbocycles. The van der Waals surface area contributed by atoms with Gasteiger partial charge in [0.15, 0.2) is 6.17 Å². The van der Waals surface area contributed by atoms with Crippen LogP contribution in [0.2, 0.25) is 0 Å². The summed E-state index contributed by atoms with van der Waals surface area (Å²) in [5.74, 6) is 0.366. The monoisotopic (exact) mass is 442 g/mol. The van der Waals surface area contributed by atoms with Crippen molar-refractivity contribution in [2.45, 2.75) is 70.1 Å². The third-order valence-corrected chi connectivity index (χ3v) is 5.91. The van der Waals surface area contributed by atoms with E-state index in [1.165, 1.54) is 0 Å². The van der Waals surface area contributed by atoms with Gasteiger partial charge in [-0.1, -0.05) is 31.9 Å². The van der Waals surface area contributed by atoms with E-state index in [0.717, 1.165) is 37.7 Å². The normalized spacial score (nSPS) is 19.1. The lowest BCUT2D eigenvalue weighted by Crippen LogP contribution is -2.28. The van der Waals surface area contributed by atoms with E-state index in [1.807, 2.05) is 19.1 Å². The number of methoxy groups -OCH3 is 1. The molecule has 0 bridgehead atoms. The third kappa shape index (κ3) is 6.55. The van der Waals surface area contributed by atoms with Gasteiger partial charge >= 0.3 is 11.9 Å². The van der Waals surface area contributed by atoms with Gasteiger partial charge in [-0.25, -0.2) is 14.0 Å². The van der Waals surface area contributed by atoms with Crippen LogP contribution in [-0.2, 0) is 9.53 Å². The van der Waals surface area contributed by atoms with Crippen molar-refractivity contribution in [3.05, 3.63) is 59.7 Å². The zero-order valence-corrected chi connectivity index (χ0v) is 18.7. The minimum Gasteiger partial charge on any atom is -0.497 e. The van der Waals surface area contributed by atoms with Gasteiger partial charge in [0.1, 0.15) is 17.6 Å². The Bertz CT molecular complexity index is 870. The minimum absolute atomic E-state index is 0.205. The van der Waals surface area contributed by atoms with Crippen molar-refractivity contribution in [2.24, 2.45) is 0 Å². The highest BCUT2D eigenvalue weighted by Gasteiger charge is 2.27. The maximum atomic E-state index is 13.8. The molecule has 2 aromatic rings. The Kier molecular flexibility index (Phi) is 8.65. The van der Waals surface area contributed by atoms with Crippen molar-refractivity contribution in [1.29, 1.82) is 0 Å². The van der Waals surface area contributed by atoms with Crippen LogP contribution in [0.4, 0.5) is 4.39 Å². The Morgan fingerprint density at radius 2 is 1.59 bits per heavy atom. The summed E-state index contributed by atoms with van der Waals surface area (Å²) < 4.78 is 29.8. The van der Waals surface area contributed by atoms with Crippen molar-refractivity contribution >= 4 is 11.9 Å². The first kappa shape index (κ1) is 23.8. The molecule has 0 aliphatic heterocycles. The molecule has 0 spiro atoms. The number of ether oxygens (including phenoxy) is 3. The number of benzene rings is 2. The molecule has 5 nitrogen and oxygen atoms in total. The van der Waals surface area contributed by atoms with Crippen molar-refractivity contribution in [1.82, 2.24) is 0 Å². The second-order valence-electron chi connectivity index (χ2n) is 8.21. The Morgan fingerprint density at radius 1 is 0.969 bits per heavy atom. The molecule has 1 saturated carbocycles. The molecule has 6 heteroatoms. The van der Waals surface area contributed by atoms with E-state index < -0.39 is 18.1 Å². The number of hydrogen-bond acceptors (Lipinski definition) is 5. The first-order valence-electron chi connectivity index (χ1n) is 11.3. The lowest BCUT2D eigenvalue weighted by atomic mass is 9.83. The van der Waals surface area contributed by atoms with Gasteiger partial charge in [-0.3, -0.25) is 0 Å². The average molecular weight is 443 g/mol. The number of rotatable bonds is 9. The highest BCUT2D eigenvalue weighted by atomic mass is 19.1. The number of hydrogen-bond donors (Lipinski definition) is 0. The van der Waals surface area contributed by atoms with Crippen LogP contribution in [0.25, 0.3) is 0 Å². The largest absolute Gasteiger partial charge is 0.497 e. The molecule has 0 N–H and O–H groups in total. The number of halogens is 1. The van der Waals surface area contributed by atoms with E-state index in [9.17, 15) is 14.0 Å². The van der Waals surface area contributed by atoms with E-state index in [4.69, 9.17) is 14.2 Å². The van der Waals surface area contributed by atoms with Gasteiger partial charge in [0, 0.05) is 0 Å². The summed E-state index contributed by atoms with van der Waals surface area (Å²) in [6.45, 7) is 1.97. The Hall–Kier alpha value is -2.89. The first-order chi connectivity index (χ1) is 15.5. The molecule has 0 unspecified atom stereocenters. The smallest absolute Gasteiger partial charge is 0.343 e. The fraction of sp³-hybridized carbons (Fsp3) is 0.462. The van der Waals surface area contributed by atoms with Crippen LogP contribution in [0.5, 0.6) is 11.5 Å². The summed E-state index contributed by atoms with van der Waals surface area (Å²) in [6, 6.07) is 14.3. The van der Waals surface area contributed by atoms with Gasteiger partial charge in [-0.2, -0.15) is 0 Å². The summed E-state index contributed by atoms with van der Waals surface area (Å²) in [7, 11) is 1.57. The van der Waals surface area contributed by atoms with Gasteiger partial charge < -0.3 is 14.2 Å². The second-order valence-corrected chi connectivity index (χ2v) is 8.21. The Morgan fingerprint density at radius 3 is 2.19 bits per heavy atom. The predicted octanol–water partition coefficient (Wildman–Crippen LogP) is 6.01. The first-order valence-corrected chi connectivity index (χ1v) is 11.3. The topological polar surface area (TPSA) is 61.8 Å². The fourth-order valence-corrected chi connectivity index (χ4v) is 3.95. The molecule has 2 aromatic carbocycles. The van der Waals surface area contributed by atoms with Gasteiger partial charge in [0.2, 0.25) is 0 Å². The van der Waals surface area contributed by atoms with Crippen LogP contribution in [0.15, 0.2) is 48.5 Å². The quantitative estimate of drug-likeness (QED) is 0.351. The van der Waals surface area contributed by atoms with E-state index in [1.54, 1.807) is 43.5 Å². The molecule has 1 fully saturated rings. The van der Waals surface area contributed by atoms with Gasteiger partial charge in [-0.05, 0) is 80.0 Å². The molecule has 172 valence electrons.